The minimum Gasteiger partial charge on any atom is -0.493 e. The van der Waals surface area contributed by atoms with E-state index < -0.39 is 0 Å². The lowest BCUT2D eigenvalue weighted by Gasteiger charge is -2.13. The molecule has 0 radical (unpaired) electrons. The van der Waals surface area contributed by atoms with E-state index in [1.54, 1.807) is 0 Å². The van der Waals surface area contributed by atoms with Gasteiger partial charge in [-0.25, -0.2) is 4.70 Å². The fraction of sp³-hybridized carbons (Fsp3) is 0.561. The molecular formula is C41H58N2. The molecule has 0 aromatic heterocycles. The molecule has 0 saturated heterocycles. The first kappa shape index (κ1) is 34.6. The smallest absolute Gasteiger partial charge is 0.223 e. The van der Waals surface area contributed by atoms with Crippen molar-refractivity contribution in [3.63, 3.8) is 0 Å². The first-order chi connectivity index (χ1) is 20.7. The minimum atomic E-state index is 0.808. The van der Waals surface area contributed by atoms with Crippen LogP contribution in [0, 0.1) is 53.4 Å². The van der Waals surface area contributed by atoms with Crippen LogP contribution in [0.1, 0.15) is 155 Å². The molecule has 0 bridgehead atoms. The van der Waals surface area contributed by atoms with Crippen LogP contribution in [0.3, 0.4) is 0 Å². The first-order valence-corrected chi connectivity index (χ1v) is 17.3. The summed E-state index contributed by atoms with van der Waals surface area (Å²) in [5.74, 6) is 7.01. The number of hydrogen-bond donors (Lipinski definition) is 0. The highest BCUT2D eigenvalue weighted by Gasteiger charge is 2.33. The van der Waals surface area contributed by atoms with Crippen molar-refractivity contribution in [1.29, 1.82) is 0 Å². The van der Waals surface area contributed by atoms with E-state index in [0.29, 0.717) is 0 Å². The Labute approximate surface area is 264 Å². The quantitative estimate of drug-likeness (QED) is 0.108. The second-order valence-corrected chi connectivity index (χ2v) is 13.1. The van der Waals surface area contributed by atoms with E-state index >= 15 is 0 Å². The van der Waals surface area contributed by atoms with Crippen molar-refractivity contribution in [3.05, 3.63) is 85.5 Å². The van der Waals surface area contributed by atoms with Gasteiger partial charge in [-0.15, -0.1) is 0 Å². The zero-order chi connectivity index (χ0) is 31.4. The van der Waals surface area contributed by atoms with Crippen molar-refractivity contribution in [1.82, 2.24) is 0 Å². The van der Waals surface area contributed by atoms with E-state index in [4.69, 9.17) is 0 Å². The highest BCUT2D eigenvalue weighted by molar-refractivity contribution is 5.85. The summed E-state index contributed by atoms with van der Waals surface area (Å²) in [5.41, 5.74) is 24.9. The van der Waals surface area contributed by atoms with Gasteiger partial charge in [0.05, 0.1) is 0 Å². The molecule has 0 spiro atoms. The second kappa shape index (κ2) is 17.4. The lowest BCUT2D eigenvalue weighted by atomic mass is 9.95. The first-order valence-electron chi connectivity index (χ1n) is 17.3. The molecule has 0 unspecified atom stereocenters. The summed E-state index contributed by atoms with van der Waals surface area (Å²) in [4.78, 5) is 0. The van der Waals surface area contributed by atoms with Gasteiger partial charge in [0.25, 0.3) is 0 Å². The summed E-state index contributed by atoms with van der Waals surface area (Å²) in [5, 5.41) is 0. The van der Waals surface area contributed by atoms with Gasteiger partial charge in [0.1, 0.15) is 5.57 Å². The molecule has 0 N–H and O–H groups in total. The molecule has 2 aromatic rings. The number of benzene rings is 2. The second-order valence-electron chi connectivity index (χ2n) is 13.1. The van der Waals surface area contributed by atoms with Gasteiger partial charge in [-0.3, -0.25) is 0 Å². The molecule has 2 aromatic carbocycles. The van der Waals surface area contributed by atoms with Crippen LogP contribution in [-0.2, 0) is 0 Å². The fourth-order valence-electron chi connectivity index (χ4n) is 6.33. The largest absolute Gasteiger partial charge is 0.493 e. The maximum Gasteiger partial charge on any atom is 0.223 e. The predicted molar refractivity (Wildman–Crippen MR) is 187 cm³/mol. The van der Waals surface area contributed by atoms with Crippen molar-refractivity contribution >= 4 is 11.4 Å². The van der Waals surface area contributed by atoms with Crippen LogP contribution < -0.4 is 0 Å². The average Bonchev–Trinajstić information content (AvgIpc) is 3.22. The SMILES string of the molecule is CCCCCCCCCCCCCCCCC#CC1=C(c2cc(C)c(C)c(C)c2)[N+](=[N-])C(c2cc(C)c(C)c(C)c2)=C1C. The van der Waals surface area contributed by atoms with Crippen LogP contribution >= 0.6 is 0 Å². The summed E-state index contributed by atoms with van der Waals surface area (Å²) < 4.78 is 1.40. The summed E-state index contributed by atoms with van der Waals surface area (Å²) in [6.07, 6.45) is 20.0. The minimum absolute atomic E-state index is 0.808. The number of hydrogen-bond acceptors (Lipinski definition) is 0. The molecular weight excluding hydrogens is 520 g/mol. The van der Waals surface area contributed by atoms with Crippen LogP contribution in [0.4, 0.5) is 0 Å². The van der Waals surface area contributed by atoms with E-state index in [9.17, 15) is 5.53 Å². The third-order valence-electron chi connectivity index (χ3n) is 9.66. The van der Waals surface area contributed by atoms with Gasteiger partial charge in [0.15, 0.2) is 0 Å². The standard InChI is InChI=1S/C41H58N2/c1-9-10-11-12-13-14-15-16-17-18-19-20-21-22-23-24-25-39-36(8)40(37-26-30(2)34(6)31(3)27-37)43(42)41(39)38-28-32(4)35(7)33(5)29-38/h26-29H,9-23H2,1-8H3. The summed E-state index contributed by atoms with van der Waals surface area (Å²) >= 11 is 0. The van der Waals surface area contributed by atoms with Crippen LogP contribution in [0.5, 0.6) is 0 Å². The molecule has 0 aliphatic carbocycles. The lowest BCUT2D eigenvalue weighted by Crippen LogP contribution is -2.04. The van der Waals surface area contributed by atoms with Crippen molar-refractivity contribution in [2.24, 2.45) is 0 Å². The zero-order valence-electron chi connectivity index (χ0n) is 28.8. The summed E-state index contributed by atoms with van der Waals surface area (Å²) in [6, 6.07) is 8.77. The molecule has 3 rings (SSSR count). The summed E-state index contributed by atoms with van der Waals surface area (Å²) in [6.45, 7) is 17.3. The van der Waals surface area contributed by atoms with Gasteiger partial charge in [-0.05, 0) is 113 Å². The molecule has 1 aliphatic heterocycles. The molecule has 0 saturated carbocycles. The molecule has 1 heterocycles. The maximum absolute atomic E-state index is 11.7. The molecule has 0 atom stereocenters. The third-order valence-corrected chi connectivity index (χ3v) is 9.66. The van der Waals surface area contributed by atoms with Crippen LogP contribution in [0.2, 0.25) is 0 Å². The van der Waals surface area contributed by atoms with E-state index in [0.717, 1.165) is 46.5 Å². The van der Waals surface area contributed by atoms with E-state index in [1.807, 2.05) is 0 Å². The lowest BCUT2D eigenvalue weighted by molar-refractivity contribution is -0.345. The number of rotatable bonds is 16. The Bertz CT molecular complexity index is 1340. The van der Waals surface area contributed by atoms with Crippen LogP contribution in [-0.4, -0.2) is 4.70 Å². The van der Waals surface area contributed by atoms with Crippen molar-refractivity contribution < 1.29 is 4.70 Å². The molecule has 2 heteroatoms. The number of aryl methyl sites for hydroxylation is 4. The van der Waals surface area contributed by atoms with Crippen molar-refractivity contribution in [2.75, 3.05) is 0 Å². The van der Waals surface area contributed by atoms with Crippen molar-refractivity contribution in [3.8, 4) is 11.8 Å². The Morgan fingerprint density at radius 2 is 0.907 bits per heavy atom. The molecule has 2 nitrogen and oxygen atoms in total. The summed E-state index contributed by atoms with van der Waals surface area (Å²) in [7, 11) is 0. The Balaban J connectivity index is 1.61. The van der Waals surface area contributed by atoms with Gasteiger partial charge >= 0.3 is 0 Å². The van der Waals surface area contributed by atoms with Gasteiger partial charge in [-0.1, -0.05) is 102 Å². The van der Waals surface area contributed by atoms with E-state index in [-0.39, 0.29) is 0 Å². The molecule has 232 valence electrons. The van der Waals surface area contributed by atoms with E-state index in [1.165, 1.54) is 122 Å². The number of unbranched alkanes of at least 4 members (excludes halogenated alkanes) is 14. The fourth-order valence-corrected chi connectivity index (χ4v) is 6.33. The number of nitrogens with zero attached hydrogens (tertiary/aromatic N) is 2. The Morgan fingerprint density at radius 3 is 1.33 bits per heavy atom. The zero-order valence-corrected chi connectivity index (χ0v) is 28.8. The number of allylic oxidation sites excluding steroid dienone is 2. The maximum atomic E-state index is 11.7. The Hall–Kier alpha value is -2.92. The topological polar surface area (TPSA) is 25.3 Å². The Morgan fingerprint density at radius 1 is 0.535 bits per heavy atom. The normalized spacial score (nSPS) is 13.3. The van der Waals surface area contributed by atoms with Gasteiger partial charge in [0.2, 0.25) is 11.4 Å². The molecule has 43 heavy (non-hydrogen) atoms. The predicted octanol–water partition coefficient (Wildman–Crippen LogP) is 12.6. The highest BCUT2D eigenvalue weighted by atomic mass is 15.2. The molecule has 1 aliphatic rings. The van der Waals surface area contributed by atoms with Gasteiger partial charge in [0, 0.05) is 23.1 Å². The average molecular weight is 579 g/mol. The van der Waals surface area contributed by atoms with Crippen molar-refractivity contribution in [2.45, 2.75) is 152 Å². The Kier molecular flexibility index (Phi) is 14.0. The van der Waals surface area contributed by atoms with Crippen LogP contribution in [0.15, 0.2) is 35.4 Å². The molecule has 0 amide bonds. The van der Waals surface area contributed by atoms with Gasteiger partial charge in [-0.2, -0.15) is 0 Å². The highest BCUT2D eigenvalue weighted by Crippen LogP contribution is 2.41. The monoisotopic (exact) mass is 578 g/mol. The van der Waals surface area contributed by atoms with Gasteiger partial charge < -0.3 is 5.53 Å². The third kappa shape index (κ3) is 9.53. The van der Waals surface area contributed by atoms with Crippen LogP contribution in [0.25, 0.3) is 16.9 Å². The van der Waals surface area contributed by atoms with E-state index in [2.05, 4.69) is 91.5 Å². The molecule has 0 fully saturated rings.